The molecule has 5 aromatic rings. The van der Waals surface area contributed by atoms with Gasteiger partial charge in [0.1, 0.15) is 35.4 Å². The Morgan fingerprint density at radius 3 is 2.16 bits per heavy atom. The SMILES string of the molecule is Nc1ncnc2c1c(-c1ccc(Oc3ccccc3)cc1)nn2C1CCC(C2C[C@H]3CC(CC4CN(c5ccc6c(c5)C(=O)N(C5CCC(=O)NC5=O)C6=O)C4)C[C@H]3C2)CC1. The standard InChI is InChI=1S/C48H50N8O5/c49-44-42-43(30-8-13-37(14-9-30)61-36-4-2-1-3-5-36)53-56(45(42)51-26-50-44)34-10-6-29(7-11-34)33-21-31-19-27(20-32(31)22-33)18-28-24-54(25-28)35-12-15-38-39(23-35)48(60)55(47(38)59)40-16-17-41(57)52-46(40)58/h1-5,8-9,12-15,23,26-29,31-34,40H,6-7,10-11,16-22,24-25H2,(H2,49,50,51)(H,52,57,58)/t27?,29?,31-,32+,33?,34?,40?. The largest absolute Gasteiger partial charge is 0.457 e. The minimum absolute atomic E-state index is 0.110. The number of nitrogens with two attached hydrogens (primary N) is 1. The van der Waals surface area contributed by atoms with Gasteiger partial charge in [0, 0.05) is 30.8 Å². The molecule has 5 atom stereocenters. The topological polar surface area (TPSA) is 166 Å². The third-order valence-corrected chi connectivity index (χ3v) is 14.9. The number of aromatic nitrogens is 4. The predicted octanol–water partition coefficient (Wildman–Crippen LogP) is 7.58. The van der Waals surface area contributed by atoms with Crippen LogP contribution in [0.15, 0.2) is 79.1 Å². The third-order valence-electron chi connectivity index (χ3n) is 14.9. The molecule has 0 radical (unpaired) electrons. The number of nitrogens with one attached hydrogen (secondary N) is 1. The fraction of sp³-hybridized carbons (Fsp3) is 0.438. The minimum Gasteiger partial charge on any atom is -0.457 e. The number of fused-ring (bicyclic) bond motifs is 3. The number of anilines is 2. The Kier molecular flexibility index (Phi) is 9.38. The van der Waals surface area contributed by atoms with Gasteiger partial charge in [0.25, 0.3) is 11.8 Å². The highest BCUT2D eigenvalue weighted by atomic mass is 16.5. The minimum atomic E-state index is -0.949. The van der Waals surface area contributed by atoms with Crippen molar-refractivity contribution >= 4 is 46.2 Å². The van der Waals surface area contributed by atoms with Gasteiger partial charge >= 0.3 is 0 Å². The maximum Gasteiger partial charge on any atom is 0.262 e. The highest BCUT2D eigenvalue weighted by Gasteiger charge is 2.47. The van der Waals surface area contributed by atoms with E-state index in [-0.39, 0.29) is 24.8 Å². The number of ether oxygens (including phenoxy) is 1. The predicted molar refractivity (Wildman–Crippen MR) is 229 cm³/mol. The molecule has 3 saturated carbocycles. The summed E-state index contributed by atoms with van der Waals surface area (Å²) in [7, 11) is 0. The summed E-state index contributed by atoms with van der Waals surface area (Å²) in [6, 6.07) is 22.5. The van der Waals surface area contributed by atoms with E-state index in [1.54, 1.807) is 12.4 Å². The molecule has 13 nitrogen and oxygen atoms in total. The number of benzene rings is 3. The number of carbonyl (C=O) groups is 4. The van der Waals surface area contributed by atoms with Crippen LogP contribution < -0.4 is 20.7 Å². The lowest BCUT2D eigenvalue weighted by Gasteiger charge is -2.42. The van der Waals surface area contributed by atoms with Crippen molar-refractivity contribution in [3.05, 3.63) is 90.3 Å². The molecule has 5 heterocycles. The molecule has 5 fully saturated rings. The number of piperidine rings is 1. The van der Waals surface area contributed by atoms with Gasteiger partial charge in [0.2, 0.25) is 11.8 Å². The van der Waals surface area contributed by atoms with Crippen LogP contribution in [0.4, 0.5) is 11.5 Å². The highest BCUT2D eigenvalue weighted by molar-refractivity contribution is 6.23. The summed E-state index contributed by atoms with van der Waals surface area (Å²) in [5.41, 5.74) is 10.7. The number of nitrogen functional groups attached to an aromatic ring is 1. The molecule has 312 valence electrons. The molecule has 4 amide bonds. The fourth-order valence-corrected chi connectivity index (χ4v) is 12.0. The second-order valence-corrected chi connectivity index (χ2v) is 18.5. The van der Waals surface area contributed by atoms with Gasteiger partial charge in [-0.3, -0.25) is 29.4 Å². The van der Waals surface area contributed by atoms with E-state index >= 15 is 0 Å². The summed E-state index contributed by atoms with van der Waals surface area (Å²) in [5.74, 6) is 4.82. The zero-order valence-electron chi connectivity index (χ0n) is 34.1. The number of carbonyl (C=O) groups excluding carboxylic acids is 4. The number of hydrogen-bond donors (Lipinski definition) is 2. The van der Waals surface area contributed by atoms with Gasteiger partial charge in [-0.2, -0.15) is 5.10 Å². The molecular weight excluding hydrogens is 769 g/mol. The number of hydrogen-bond acceptors (Lipinski definition) is 10. The zero-order valence-corrected chi connectivity index (χ0v) is 34.1. The van der Waals surface area contributed by atoms with Crippen molar-refractivity contribution < 1.29 is 23.9 Å². The summed E-state index contributed by atoms with van der Waals surface area (Å²) in [4.78, 5) is 63.0. The first-order valence-electron chi connectivity index (χ1n) is 22.2. The average molecular weight is 819 g/mol. The van der Waals surface area contributed by atoms with E-state index in [9.17, 15) is 19.2 Å². The molecule has 2 saturated heterocycles. The number of rotatable bonds is 9. The van der Waals surface area contributed by atoms with Gasteiger partial charge in [-0.25, -0.2) is 14.6 Å². The second-order valence-electron chi connectivity index (χ2n) is 18.5. The number of para-hydroxylation sites is 1. The number of nitrogens with zero attached hydrogens (tertiary/aromatic N) is 6. The molecule has 0 bridgehead atoms. The van der Waals surface area contributed by atoms with Crippen LogP contribution in [0.1, 0.15) is 97.4 Å². The molecule has 3 N–H and O–H groups in total. The van der Waals surface area contributed by atoms with Crippen molar-refractivity contribution in [2.45, 2.75) is 82.7 Å². The van der Waals surface area contributed by atoms with Crippen molar-refractivity contribution in [3.8, 4) is 22.8 Å². The Labute approximate surface area is 354 Å². The van der Waals surface area contributed by atoms with Gasteiger partial charge in [-0.05, 0) is 154 Å². The van der Waals surface area contributed by atoms with Gasteiger partial charge in [-0.15, -0.1) is 0 Å². The van der Waals surface area contributed by atoms with E-state index in [1.165, 1.54) is 44.9 Å². The molecule has 6 aliphatic rings. The first-order chi connectivity index (χ1) is 29.7. The first kappa shape index (κ1) is 37.9. The molecule has 3 aliphatic carbocycles. The molecule has 0 spiro atoms. The van der Waals surface area contributed by atoms with Gasteiger partial charge in [0.15, 0.2) is 5.65 Å². The van der Waals surface area contributed by atoms with E-state index in [1.807, 2.05) is 66.7 Å². The highest BCUT2D eigenvalue weighted by Crippen LogP contribution is 2.55. The van der Waals surface area contributed by atoms with Gasteiger partial charge in [-0.1, -0.05) is 18.2 Å². The van der Waals surface area contributed by atoms with Gasteiger partial charge in [0.05, 0.1) is 22.6 Å². The smallest absolute Gasteiger partial charge is 0.262 e. The van der Waals surface area contributed by atoms with E-state index in [0.29, 0.717) is 22.9 Å². The van der Waals surface area contributed by atoms with E-state index in [0.717, 1.165) is 99.9 Å². The van der Waals surface area contributed by atoms with E-state index in [4.69, 9.17) is 20.6 Å². The van der Waals surface area contributed by atoms with E-state index in [2.05, 4.69) is 19.9 Å². The molecule has 3 unspecified atom stereocenters. The maximum absolute atomic E-state index is 13.4. The Bertz CT molecular complexity index is 2530. The lowest BCUT2D eigenvalue weighted by Crippen LogP contribution is -2.54. The lowest BCUT2D eigenvalue weighted by atomic mass is 9.76. The van der Waals surface area contributed by atoms with Crippen LogP contribution in [0.25, 0.3) is 22.3 Å². The summed E-state index contributed by atoms with van der Waals surface area (Å²) >= 11 is 0. The van der Waals surface area contributed by atoms with Crippen molar-refractivity contribution in [2.75, 3.05) is 23.7 Å². The molecule has 2 aromatic heterocycles. The van der Waals surface area contributed by atoms with Crippen molar-refractivity contribution in [1.29, 1.82) is 0 Å². The fourth-order valence-electron chi connectivity index (χ4n) is 12.0. The Hall–Kier alpha value is -6.11. The molecular formula is C48H50N8O5. The van der Waals surface area contributed by atoms with Crippen molar-refractivity contribution in [2.24, 2.45) is 35.5 Å². The maximum atomic E-state index is 13.4. The third kappa shape index (κ3) is 6.82. The molecule has 11 rings (SSSR count). The summed E-state index contributed by atoms with van der Waals surface area (Å²) < 4.78 is 8.16. The molecule has 3 aromatic carbocycles. The number of amides is 4. The lowest BCUT2D eigenvalue weighted by molar-refractivity contribution is -0.136. The Balaban J connectivity index is 0.667. The molecule has 3 aliphatic heterocycles. The van der Waals surface area contributed by atoms with Gasteiger partial charge < -0.3 is 15.4 Å². The van der Waals surface area contributed by atoms with Crippen LogP contribution in [0.3, 0.4) is 0 Å². The number of imide groups is 2. The quantitative estimate of drug-likeness (QED) is 0.142. The summed E-state index contributed by atoms with van der Waals surface area (Å²) in [6.45, 7) is 1.91. The molecule has 61 heavy (non-hydrogen) atoms. The average Bonchev–Trinajstić information content (AvgIpc) is 4.01. The van der Waals surface area contributed by atoms with Crippen molar-refractivity contribution in [1.82, 2.24) is 30.0 Å². The Morgan fingerprint density at radius 2 is 1.43 bits per heavy atom. The van der Waals surface area contributed by atoms with Crippen LogP contribution in [0.5, 0.6) is 11.5 Å². The first-order valence-corrected chi connectivity index (χ1v) is 22.2. The summed E-state index contributed by atoms with van der Waals surface area (Å²) in [5, 5.41) is 8.25. The summed E-state index contributed by atoms with van der Waals surface area (Å²) in [6.07, 6.45) is 13.1. The molecule has 13 heteroatoms. The van der Waals surface area contributed by atoms with Crippen molar-refractivity contribution in [3.63, 3.8) is 0 Å². The normalized spacial score (nSPS) is 27.6. The van der Waals surface area contributed by atoms with Crippen LogP contribution >= 0.6 is 0 Å². The second kappa shape index (κ2) is 15.1. The van der Waals surface area contributed by atoms with Crippen LogP contribution in [0.2, 0.25) is 0 Å². The monoisotopic (exact) mass is 818 g/mol. The van der Waals surface area contributed by atoms with Crippen LogP contribution in [-0.2, 0) is 9.59 Å². The van der Waals surface area contributed by atoms with E-state index < -0.39 is 23.8 Å². The van der Waals surface area contributed by atoms with Crippen LogP contribution in [-0.4, -0.2) is 67.4 Å². The Morgan fingerprint density at radius 1 is 0.721 bits per heavy atom. The van der Waals surface area contributed by atoms with Crippen LogP contribution in [0, 0.1) is 35.5 Å². The zero-order chi connectivity index (χ0) is 41.4.